The van der Waals surface area contributed by atoms with E-state index in [4.69, 9.17) is 10.00 Å². The summed E-state index contributed by atoms with van der Waals surface area (Å²) in [4.78, 5) is 13.7. The van der Waals surface area contributed by atoms with Gasteiger partial charge in [-0.3, -0.25) is 4.79 Å². The molecule has 0 fully saturated rings. The van der Waals surface area contributed by atoms with Crippen molar-refractivity contribution in [2.75, 3.05) is 26.8 Å². The first-order valence-electron chi connectivity index (χ1n) is 5.70. The summed E-state index contributed by atoms with van der Waals surface area (Å²) in [5.41, 5.74) is 0.259. The van der Waals surface area contributed by atoms with Crippen LogP contribution >= 0.6 is 15.9 Å². The highest BCUT2D eigenvalue weighted by atomic mass is 79.9. The number of methoxy groups -OCH3 is 1. The largest absolute Gasteiger partial charge is 0.383 e. The van der Waals surface area contributed by atoms with E-state index in [9.17, 15) is 9.18 Å². The molecule has 0 saturated heterocycles. The Morgan fingerprint density at radius 2 is 2.26 bits per heavy atom. The van der Waals surface area contributed by atoms with Crippen molar-refractivity contribution in [3.05, 3.63) is 34.1 Å². The van der Waals surface area contributed by atoms with Crippen molar-refractivity contribution in [1.82, 2.24) is 4.90 Å². The van der Waals surface area contributed by atoms with Gasteiger partial charge in [-0.2, -0.15) is 5.26 Å². The SMILES string of the molecule is COCCN(CCC#N)C(=O)c1ccc(Br)c(F)c1. The molecule has 0 spiro atoms. The fourth-order valence-corrected chi connectivity index (χ4v) is 1.76. The maximum absolute atomic E-state index is 13.4. The lowest BCUT2D eigenvalue weighted by Gasteiger charge is -2.21. The molecule has 0 aliphatic heterocycles. The molecule has 19 heavy (non-hydrogen) atoms. The standard InChI is InChI=1S/C13H14BrFN2O2/c1-19-8-7-17(6-2-5-16)13(18)10-3-4-11(14)12(15)9-10/h3-4,9H,2,6-8H2,1H3. The zero-order valence-corrected chi connectivity index (χ0v) is 12.1. The van der Waals surface area contributed by atoms with E-state index in [0.29, 0.717) is 24.2 Å². The molecule has 0 aliphatic carbocycles. The number of carbonyl (C=O) groups excluding carboxylic acids is 1. The molecule has 1 rings (SSSR count). The van der Waals surface area contributed by atoms with Crippen molar-refractivity contribution < 1.29 is 13.9 Å². The molecule has 0 radical (unpaired) electrons. The third-order valence-corrected chi connectivity index (χ3v) is 3.16. The minimum absolute atomic E-state index is 0.231. The average Bonchev–Trinajstić information content (AvgIpc) is 2.41. The first kappa shape index (κ1) is 15.6. The van der Waals surface area contributed by atoms with Gasteiger partial charge < -0.3 is 9.64 Å². The average molecular weight is 329 g/mol. The number of nitriles is 1. The summed E-state index contributed by atoms with van der Waals surface area (Å²) in [6.45, 7) is 1.04. The Morgan fingerprint density at radius 1 is 1.53 bits per heavy atom. The van der Waals surface area contributed by atoms with Gasteiger partial charge >= 0.3 is 0 Å². The number of hydrogen-bond donors (Lipinski definition) is 0. The number of halogens is 2. The molecule has 102 valence electrons. The minimum atomic E-state index is -0.488. The van der Waals surface area contributed by atoms with Crippen molar-refractivity contribution >= 4 is 21.8 Å². The topological polar surface area (TPSA) is 53.3 Å². The van der Waals surface area contributed by atoms with Crippen molar-refractivity contribution in [1.29, 1.82) is 5.26 Å². The van der Waals surface area contributed by atoms with Crippen LogP contribution in [-0.2, 0) is 4.74 Å². The van der Waals surface area contributed by atoms with Crippen LogP contribution in [-0.4, -0.2) is 37.6 Å². The number of ether oxygens (including phenoxy) is 1. The molecule has 1 aromatic rings. The molecule has 0 heterocycles. The number of amides is 1. The molecular formula is C13H14BrFN2O2. The predicted octanol–water partition coefficient (Wildman–Crippen LogP) is 2.59. The fourth-order valence-electron chi connectivity index (χ4n) is 1.51. The van der Waals surface area contributed by atoms with E-state index in [1.54, 1.807) is 6.07 Å². The maximum Gasteiger partial charge on any atom is 0.254 e. The molecular weight excluding hydrogens is 315 g/mol. The number of benzene rings is 1. The molecule has 0 aromatic heterocycles. The zero-order chi connectivity index (χ0) is 14.3. The van der Waals surface area contributed by atoms with Crippen LogP contribution in [0.1, 0.15) is 16.8 Å². The Kier molecular flexibility index (Phi) is 6.46. The fraction of sp³-hybridized carbons (Fsp3) is 0.385. The Morgan fingerprint density at radius 3 is 2.84 bits per heavy atom. The minimum Gasteiger partial charge on any atom is -0.383 e. The quantitative estimate of drug-likeness (QED) is 0.806. The van der Waals surface area contributed by atoms with Crippen LogP contribution in [0.4, 0.5) is 4.39 Å². The summed E-state index contributed by atoms with van der Waals surface area (Å²) in [7, 11) is 1.53. The molecule has 0 saturated carbocycles. The highest BCUT2D eigenvalue weighted by Gasteiger charge is 2.16. The van der Waals surface area contributed by atoms with E-state index >= 15 is 0 Å². The van der Waals surface area contributed by atoms with Crippen molar-refractivity contribution in [3.8, 4) is 6.07 Å². The molecule has 0 atom stereocenters. The molecule has 0 bridgehead atoms. The second-order valence-corrected chi connectivity index (χ2v) is 4.68. The monoisotopic (exact) mass is 328 g/mol. The summed E-state index contributed by atoms with van der Waals surface area (Å²) in [5.74, 6) is -0.795. The van der Waals surface area contributed by atoms with Gasteiger partial charge in [0.05, 0.1) is 23.6 Å². The van der Waals surface area contributed by atoms with Gasteiger partial charge in [0.25, 0.3) is 5.91 Å². The van der Waals surface area contributed by atoms with Gasteiger partial charge in [-0.1, -0.05) is 0 Å². The van der Waals surface area contributed by atoms with E-state index in [0.717, 1.165) is 0 Å². The summed E-state index contributed by atoms with van der Waals surface area (Å²) >= 11 is 3.04. The lowest BCUT2D eigenvalue weighted by Crippen LogP contribution is -2.34. The Bertz CT molecular complexity index is 488. The van der Waals surface area contributed by atoms with Gasteiger partial charge in [-0.15, -0.1) is 0 Å². The summed E-state index contributed by atoms with van der Waals surface area (Å²) < 4.78 is 18.6. The van der Waals surface area contributed by atoms with Crippen molar-refractivity contribution in [2.45, 2.75) is 6.42 Å². The smallest absolute Gasteiger partial charge is 0.254 e. The van der Waals surface area contributed by atoms with Crippen LogP contribution in [0.2, 0.25) is 0 Å². The van der Waals surface area contributed by atoms with Crippen molar-refractivity contribution in [3.63, 3.8) is 0 Å². The van der Waals surface area contributed by atoms with E-state index in [1.165, 1.54) is 24.1 Å². The molecule has 1 amide bonds. The summed E-state index contributed by atoms with van der Waals surface area (Å²) in [6.07, 6.45) is 0.231. The molecule has 6 heteroatoms. The lowest BCUT2D eigenvalue weighted by molar-refractivity contribution is 0.0699. The van der Waals surface area contributed by atoms with Gasteiger partial charge in [-0.05, 0) is 34.1 Å². The predicted molar refractivity (Wildman–Crippen MR) is 72.1 cm³/mol. The van der Waals surface area contributed by atoms with Crippen LogP contribution in [0.25, 0.3) is 0 Å². The Balaban J connectivity index is 2.84. The van der Waals surface area contributed by atoms with E-state index in [2.05, 4.69) is 15.9 Å². The third kappa shape index (κ3) is 4.62. The van der Waals surface area contributed by atoms with E-state index in [1.807, 2.05) is 6.07 Å². The number of hydrogen-bond acceptors (Lipinski definition) is 3. The summed E-state index contributed by atoms with van der Waals surface area (Å²) in [5, 5.41) is 8.59. The van der Waals surface area contributed by atoms with E-state index < -0.39 is 5.82 Å². The third-order valence-electron chi connectivity index (χ3n) is 2.51. The van der Waals surface area contributed by atoms with Gasteiger partial charge in [-0.25, -0.2) is 4.39 Å². The van der Waals surface area contributed by atoms with Crippen LogP contribution in [0, 0.1) is 17.1 Å². The first-order chi connectivity index (χ1) is 9.10. The summed E-state index contributed by atoms with van der Waals surface area (Å²) in [6, 6.07) is 6.20. The van der Waals surface area contributed by atoms with Gasteiger partial charge in [0, 0.05) is 25.8 Å². The van der Waals surface area contributed by atoms with Crippen LogP contribution < -0.4 is 0 Å². The lowest BCUT2D eigenvalue weighted by atomic mass is 10.2. The molecule has 0 unspecified atom stereocenters. The molecule has 4 nitrogen and oxygen atoms in total. The first-order valence-corrected chi connectivity index (χ1v) is 6.49. The van der Waals surface area contributed by atoms with Crippen molar-refractivity contribution in [2.24, 2.45) is 0 Å². The molecule has 0 N–H and O–H groups in total. The highest BCUT2D eigenvalue weighted by molar-refractivity contribution is 9.10. The van der Waals surface area contributed by atoms with Crippen LogP contribution in [0.3, 0.4) is 0 Å². The Hall–Kier alpha value is -1.45. The van der Waals surface area contributed by atoms with Gasteiger partial charge in [0.1, 0.15) is 5.82 Å². The molecule has 1 aromatic carbocycles. The number of nitrogens with zero attached hydrogens (tertiary/aromatic N) is 2. The van der Waals surface area contributed by atoms with Crippen LogP contribution in [0.15, 0.2) is 22.7 Å². The zero-order valence-electron chi connectivity index (χ0n) is 10.5. The Labute approximate surface area is 119 Å². The van der Waals surface area contributed by atoms with Gasteiger partial charge in [0.15, 0.2) is 0 Å². The highest BCUT2D eigenvalue weighted by Crippen LogP contribution is 2.17. The number of carbonyl (C=O) groups is 1. The van der Waals surface area contributed by atoms with Crippen LogP contribution in [0.5, 0.6) is 0 Å². The number of rotatable bonds is 6. The second-order valence-electron chi connectivity index (χ2n) is 3.82. The van der Waals surface area contributed by atoms with E-state index in [-0.39, 0.29) is 17.9 Å². The maximum atomic E-state index is 13.4. The second kappa shape index (κ2) is 7.87. The normalized spacial score (nSPS) is 10.0. The van der Waals surface area contributed by atoms with Gasteiger partial charge in [0.2, 0.25) is 0 Å². The molecule has 0 aliphatic rings.